The Morgan fingerprint density at radius 3 is 1.45 bits per heavy atom. The minimum atomic E-state index is -0.500. The number of hydrogen-bond acceptors (Lipinski definition) is 2. The van der Waals surface area contributed by atoms with Crippen LogP contribution in [-0.4, -0.2) is 42.8 Å². The second-order valence-corrected chi connectivity index (χ2v) is 3.49. The van der Waals surface area contributed by atoms with Crippen molar-refractivity contribution >= 4 is 18.9 Å². The van der Waals surface area contributed by atoms with E-state index in [1.54, 1.807) is 20.8 Å². The molecule has 0 spiro atoms. The molecule has 0 aromatic carbocycles. The van der Waals surface area contributed by atoms with Gasteiger partial charge in [-0.2, -0.15) is 0 Å². The molecular formula is C8H18LiO2. The van der Waals surface area contributed by atoms with Gasteiger partial charge in [-0.1, -0.05) is 0 Å². The van der Waals surface area contributed by atoms with Gasteiger partial charge in [0.1, 0.15) is 0 Å². The van der Waals surface area contributed by atoms with E-state index in [0.717, 1.165) is 13.2 Å². The van der Waals surface area contributed by atoms with E-state index in [-0.39, 0.29) is 18.9 Å². The summed E-state index contributed by atoms with van der Waals surface area (Å²) in [6, 6.07) is 0. The summed E-state index contributed by atoms with van der Waals surface area (Å²) in [5, 5.41) is 8.52. The van der Waals surface area contributed by atoms with Crippen molar-refractivity contribution in [1.29, 1.82) is 0 Å². The first-order valence-corrected chi connectivity index (χ1v) is 3.80. The summed E-state index contributed by atoms with van der Waals surface area (Å²) in [7, 11) is 0. The molecule has 1 heterocycles. The fourth-order valence-electron chi connectivity index (χ4n) is 0.510. The zero-order valence-electron chi connectivity index (χ0n) is 8.18. The van der Waals surface area contributed by atoms with Crippen LogP contribution >= 0.6 is 0 Å². The van der Waals surface area contributed by atoms with Crippen LogP contribution in [0.4, 0.5) is 0 Å². The van der Waals surface area contributed by atoms with Crippen molar-refractivity contribution in [2.45, 2.75) is 39.2 Å². The van der Waals surface area contributed by atoms with Crippen LogP contribution < -0.4 is 0 Å². The molecule has 0 aromatic rings. The van der Waals surface area contributed by atoms with Crippen LogP contribution in [0.2, 0.25) is 0 Å². The molecule has 11 heavy (non-hydrogen) atoms. The summed E-state index contributed by atoms with van der Waals surface area (Å²) in [6.45, 7) is 7.23. The third kappa shape index (κ3) is 25.1. The summed E-state index contributed by atoms with van der Waals surface area (Å²) in [5.74, 6) is 0. The standard InChI is InChI=1S/C4H8O.C4H10O.Li/c1-2-4-5-3-1;1-4(2,3)5;/h1-4H2;5H,1-3H3;. The Morgan fingerprint density at radius 2 is 1.36 bits per heavy atom. The molecule has 1 fully saturated rings. The zero-order chi connectivity index (χ0) is 8.04. The fraction of sp³-hybridized carbons (Fsp3) is 1.00. The van der Waals surface area contributed by atoms with Crippen LogP contribution in [-0.2, 0) is 4.74 Å². The van der Waals surface area contributed by atoms with Crippen LogP contribution in [0.15, 0.2) is 0 Å². The number of ether oxygens (including phenoxy) is 1. The number of aliphatic hydroxyl groups is 1. The third-order valence-electron chi connectivity index (χ3n) is 0.827. The molecule has 0 amide bonds. The maximum absolute atomic E-state index is 8.52. The molecule has 1 rings (SSSR count). The predicted octanol–water partition coefficient (Wildman–Crippen LogP) is 1.19. The molecule has 1 saturated heterocycles. The molecule has 0 atom stereocenters. The van der Waals surface area contributed by atoms with Gasteiger partial charge in [0.05, 0.1) is 5.60 Å². The Morgan fingerprint density at radius 1 is 1.09 bits per heavy atom. The van der Waals surface area contributed by atoms with Crippen molar-refractivity contribution in [3.63, 3.8) is 0 Å². The normalized spacial score (nSPS) is 16.4. The Kier molecular flexibility index (Phi) is 9.18. The smallest absolute Gasteiger partial charge is 0.0563 e. The van der Waals surface area contributed by atoms with Crippen molar-refractivity contribution in [2.75, 3.05) is 13.2 Å². The van der Waals surface area contributed by atoms with Crippen LogP contribution in [0.1, 0.15) is 33.6 Å². The molecule has 0 bridgehead atoms. The average Bonchev–Trinajstić information content (AvgIpc) is 2.07. The van der Waals surface area contributed by atoms with E-state index in [0.29, 0.717) is 0 Å². The molecule has 0 unspecified atom stereocenters. The molecule has 1 radical (unpaired) electrons. The molecule has 3 heteroatoms. The van der Waals surface area contributed by atoms with Gasteiger partial charge in [-0.25, -0.2) is 0 Å². The van der Waals surface area contributed by atoms with Crippen LogP contribution in [0, 0.1) is 0 Å². The maximum atomic E-state index is 8.52. The Labute approximate surface area is 81.5 Å². The molecule has 2 nitrogen and oxygen atoms in total. The van der Waals surface area contributed by atoms with Crippen LogP contribution in [0.25, 0.3) is 0 Å². The van der Waals surface area contributed by atoms with Crippen molar-refractivity contribution in [1.82, 2.24) is 0 Å². The quantitative estimate of drug-likeness (QED) is 0.530. The first-order chi connectivity index (χ1) is 4.50. The average molecular weight is 153 g/mol. The fourth-order valence-corrected chi connectivity index (χ4v) is 0.510. The second kappa shape index (κ2) is 7.18. The molecular weight excluding hydrogens is 135 g/mol. The van der Waals surface area contributed by atoms with E-state index < -0.39 is 5.60 Å². The van der Waals surface area contributed by atoms with Gasteiger partial charge in [-0.3, -0.25) is 0 Å². The van der Waals surface area contributed by atoms with Gasteiger partial charge in [-0.15, -0.1) is 0 Å². The van der Waals surface area contributed by atoms with Crippen LogP contribution in [0.5, 0.6) is 0 Å². The minimum Gasteiger partial charge on any atom is -0.391 e. The van der Waals surface area contributed by atoms with E-state index in [4.69, 9.17) is 9.84 Å². The Balaban J connectivity index is 0. The summed E-state index contributed by atoms with van der Waals surface area (Å²) >= 11 is 0. The SMILES string of the molecule is C1CCOC1.CC(C)(C)O.[Li]. The van der Waals surface area contributed by atoms with Crippen molar-refractivity contribution in [2.24, 2.45) is 0 Å². The van der Waals surface area contributed by atoms with Crippen molar-refractivity contribution in [3.8, 4) is 0 Å². The molecule has 63 valence electrons. The van der Waals surface area contributed by atoms with E-state index in [1.165, 1.54) is 12.8 Å². The van der Waals surface area contributed by atoms with Gasteiger partial charge in [-0.05, 0) is 33.6 Å². The van der Waals surface area contributed by atoms with Crippen molar-refractivity contribution < 1.29 is 9.84 Å². The van der Waals surface area contributed by atoms with Gasteiger partial charge in [0.25, 0.3) is 0 Å². The predicted molar refractivity (Wildman–Crippen MR) is 47.8 cm³/mol. The molecule has 1 aliphatic heterocycles. The van der Waals surface area contributed by atoms with Crippen LogP contribution in [0.3, 0.4) is 0 Å². The van der Waals surface area contributed by atoms with E-state index in [1.807, 2.05) is 0 Å². The topological polar surface area (TPSA) is 29.5 Å². The van der Waals surface area contributed by atoms with Crippen molar-refractivity contribution in [3.05, 3.63) is 0 Å². The second-order valence-electron chi connectivity index (χ2n) is 3.49. The van der Waals surface area contributed by atoms with Gasteiger partial charge < -0.3 is 9.84 Å². The first-order valence-electron chi connectivity index (χ1n) is 3.80. The molecule has 1 N–H and O–H groups in total. The van der Waals surface area contributed by atoms with Gasteiger partial charge in [0, 0.05) is 32.1 Å². The largest absolute Gasteiger partial charge is 0.391 e. The van der Waals surface area contributed by atoms with E-state index in [2.05, 4.69) is 0 Å². The number of rotatable bonds is 0. The van der Waals surface area contributed by atoms with Gasteiger partial charge in [0.2, 0.25) is 0 Å². The van der Waals surface area contributed by atoms with Gasteiger partial charge in [0.15, 0.2) is 0 Å². The number of hydrogen-bond donors (Lipinski definition) is 1. The third-order valence-corrected chi connectivity index (χ3v) is 0.827. The van der Waals surface area contributed by atoms with E-state index in [9.17, 15) is 0 Å². The summed E-state index contributed by atoms with van der Waals surface area (Å²) in [5.41, 5.74) is -0.500. The Hall–Kier alpha value is 0.517. The maximum Gasteiger partial charge on any atom is 0.0563 e. The monoisotopic (exact) mass is 153 g/mol. The molecule has 1 aliphatic rings. The molecule has 0 aromatic heterocycles. The Bertz CT molecular complexity index is 61.0. The first kappa shape index (κ1) is 14.1. The molecule has 0 saturated carbocycles. The summed E-state index contributed by atoms with van der Waals surface area (Å²) < 4.78 is 4.94. The minimum absolute atomic E-state index is 0. The van der Waals surface area contributed by atoms with E-state index >= 15 is 0 Å². The summed E-state index contributed by atoms with van der Waals surface area (Å²) in [4.78, 5) is 0. The summed E-state index contributed by atoms with van der Waals surface area (Å²) in [6.07, 6.45) is 2.56. The van der Waals surface area contributed by atoms with Gasteiger partial charge >= 0.3 is 0 Å². The zero-order valence-corrected chi connectivity index (χ0v) is 8.18. The molecule has 0 aliphatic carbocycles.